The fourth-order valence-electron chi connectivity index (χ4n) is 9.83. The van der Waals surface area contributed by atoms with Crippen molar-refractivity contribution < 1.29 is 29.4 Å². The third kappa shape index (κ3) is 9.18. The summed E-state index contributed by atoms with van der Waals surface area (Å²) in [7, 11) is 7.92. The molecule has 0 aromatic heterocycles. The molecule has 0 spiro atoms. The van der Waals surface area contributed by atoms with Crippen LogP contribution in [0.2, 0.25) is 0 Å². The smallest absolute Gasteiger partial charge is 0.251 e. The summed E-state index contributed by atoms with van der Waals surface area (Å²) in [5.41, 5.74) is 5.21. The van der Waals surface area contributed by atoms with Crippen molar-refractivity contribution in [1.29, 1.82) is 0 Å². The number of nitrogens with zero attached hydrogens (tertiary/aromatic N) is 3. The van der Waals surface area contributed by atoms with Gasteiger partial charge in [-0.15, -0.1) is 0 Å². The maximum atomic E-state index is 14.4. The first-order valence-electron chi connectivity index (χ1n) is 20.7. The molecule has 310 valence electrons. The highest BCUT2D eigenvalue weighted by Gasteiger charge is 2.57. The number of nitrogens with one attached hydrogen (secondary N) is 2. The van der Waals surface area contributed by atoms with E-state index < -0.39 is 24.2 Å². The van der Waals surface area contributed by atoms with Gasteiger partial charge < -0.3 is 35.4 Å². The Hall–Kier alpha value is -4.00. The van der Waals surface area contributed by atoms with Crippen LogP contribution in [0.25, 0.3) is 11.1 Å². The fourth-order valence-corrected chi connectivity index (χ4v) is 9.83. The Morgan fingerprint density at radius 2 is 1.77 bits per heavy atom. The van der Waals surface area contributed by atoms with Crippen LogP contribution in [0.4, 0.5) is 5.69 Å². The Bertz CT molecular complexity index is 1850. The molecule has 1 heterocycles. The molecule has 11 heteroatoms. The summed E-state index contributed by atoms with van der Waals surface area (Å²) in [6, 6.07) is 21.0. The van der Waals surface area contributed by atoms with Crippen molar-refractivity contribution in [3.8, 4) is 16.9 Å². The summed E-state index contributed by atoms with van der Waals surface area (Å²) in [4.78, 5) is 38.8. The van der Waals surface area contributed by atoms with E-state index in [1.165, 1.54) is 6.42 Å². The second-order valence-electron chi connectivity index (χ2n) is 17.7. The molecule has 9 atom stereocenters. The molecule has 4 N–H and O–H groups in total. The Balaban J connectivity index is 1.30. The number of hydrogen-bond acceptors (Lipinski definition) is 9. The fraction of sp³-hybridized carbons (Fsp3) is 0.565. The molecule has 7 rings (SSSR count). The molecule has 1 saturated heterocycles. The van der Waals surface area contributed by atoms with Gasteiger partial charge in [0.25, 0.3) is 5.91 Å². The number of anilines is 1. The zero-order chi connectivity index (χ0) is 41.2. The number of benzene rings is 3. The number of aliphatic hydroxyl groups is 2. The van der Waals surface area contributed by atoms with Gasteiger partial charge in [-0.05, 0) is 99.7 Å². The Morgan fingerprint density at radius 1 is 1.04 bits per heavy atom. The zero-order valence-electron chi connectivity index (χ0n) is 35.4. The van der Waals surface area contributed by atoms with Crippen molar-refractivity contribution >= 4 is 17.5 Å². The van der Waals surface area contributed by atoms with Crippen LogP contribution in [0, 0.1) is 29.1 Å². The highest BCUT2D eigenvalue weighted by atomic mass is 16.7. The Kier molecular flexibility index (Phi) is 13.4. The van der Waals surface area contributed by atoms with Crippen LogP contribution in [-0.2, 0) is 22.6 Å². The average molecular weight is 784 g/mol. The molecule has 0 radical (unpaired) electrons. The molecule has 3 saturated carbocycles. The molecule has 2 bridgehead atoms. The number of para-hydroxylation sites is 1. The first-order valence-corrected chi connectivity index (χ1v) is 20.7. The summed E-state index contributed by atoms with van der Waals surface area (Å²) in [6.45, 7) is 11.4. The van der Waals surface area contributed by atoms with Gasteiger partial charge in [0.1, 0.15) is 17.9 Å². The van der Waals surface area contributed by atoms with E-state index in [4.69, 9.17) is 9.57 Å². The van der Waals surface area contributed by atoms with Gasteiger partial charge in [0.05, 0.1) is 25.9 Å². The summed E-state index contributed by atoms with van der Waals surface area (Å²) in [5.74, 6) is 1.06. The summed E-state index contributed by atoms with van der Waals surface area (Å²) in [6.07, 6.45) is 1.17. The van der Waals surface area contributed by atoms with Gasteiger partial charge in [-0.25, -0.2) is 0 Å². The number of amides is 2. The molecule has 3 aliphatic carbocycles. The van der Waals surface area contributed by atoms with E-state index in [1.54, 1.807) is 12.0 Å². The van der Waals surface area contributed by atoms with Crippen LogP contribution in [0.3, 0.4) is 0 Å². The molecule has 0 unspecified atom stereocenters. The van der Waals surface area contributed by atoms with Crippen molar-refractivity contribution in [3.05, 3.63) is 83.4 Å². The van der Waals surface area contributed by atoms with Crippen LogP contribution in [-0.4, -0.2) is 110 Å². The van der Waals surface area contributed by atoms with E-state index in [2.05, 4.69) is 48.4 Å². The topological polar surface area (TPSA) is 127 Å². The minimum Gasteiger partial charge on any atom is -0.493 e. The average Bonchev–Trinajstić information content (AvgIpc) is 3.54. The quantitative estimate of drug-likeness (QED) is 0.152. The van der Waals surface area contributed by atoms with Crippen LogP contribution in [0.5, 0.6) is 5.75 Å². The maximum absolute atomic E-state index is 14.4. The SMILES string of the molecule is CCOc1c(CN2O[C@@H](CO)[C@@H]([C@H](C)O)[C@H]2C(=O)N[C@H]2C[C@H]3C[C@H]([C@@H]2C)C3(C)C)cccc1-c1cc(C(=O)N[C@@H](Cc2ccccc2)CN(C)C)cc(N(C)C)c1. The van der Waals surface area contributed by atoms with Crippen molar-refractivity contribution in [2.45, 2.75) is 90.8 Å². The number of likely N-dealkylation sites (N-methyl/N-ethyl adjacent to an activating group) is 1. The number of carbonyl (C=O) groups is 2. The lowest BCUT2D eigenvalue weighted by molar-refractivity contribution is -0.183. The van der Waals surface area contributed by atoms with E-state index in [9.17, 15) is 19.8 Å². The Morgan fingerprint density at radius 3 is 2.39 bits per heavy atom. The lowest BCUT2D eigenvalue weighted by Gasteiger charge is -2.62. The second kappa shape index (κ2) is 17.9. The minimum atomic E-state index is -0.903. The zero-order valence-corrected chi connectivity index (χ0v) is 35.4. The molecule has 2 amide bonds. The number of rotatable bonds is 16. The molecular formula is C46H65N5O6. The number of ether oxygens (including phenoxy) is 1. The third-order valence-electron chi connectivity index (χ3n) is 13.0. The van der Waals surface area contributed by atoms with Gasteiger partial charge in [0.15, 0.2) is 0 Å². The number of hydroxylamine groups is 2. The molecule has 3 aromatic carbocycles. The number of aliphatic hydroxyl groups excluding tert-OH is 2. The summed E-state index contributed by atoms with van der Waals surface area (Å²) >= 11 is 0. The van der Waals surface area contributed by atoms with Crippen LogP contribution in [0.1, 0.15) is 68.9 Å². The molecule has 11 nitrogen and oxygen atoms in total. The largest absolute Gasteiger partial charge is 0.493 e. The predicted octanol–water partition coefficient (Wildman–Crippen LogP) is 5.38. The summed E-state index contributed by atoms with van der Waals surface area (Å²) in [5, 5.41) is 29.7. The third-order valence-corrected chi connectivity index (χ3v) is 13.0. The maximum Gasteiger partial charge on any atom is 0.251 e. The standard InChI is InChI=1S/C46H65N5O6/c1-10-56-43-31(25-51-42(41(29(3)53)40(27-52)57-51)45(55)48-39-24-34-23-38(28(39)2)46(34,4)5)17-14-18-37(43)32-20-33(22-36(21-32)50(8)9)44(54)47-35(26-49(6)7)19-30-15-12-11-13-16-30/h11-18,20-22,28-29,34-35,38-42,52-53H,10,19,23-27H2,1-9H3,(H,47,54)(H,48,55)/t28-,29-,34+,35-,38+,39-,40-,41+,42-/m0/s1. The van der Waals surface area contributed by atoms with Crippen LogP contribution < -0.4 is 20.3 Å². The molecule has 3 aromatic rings. The number of carbonyl (C=O) groups excluding carboxylic acids is 2. The van der Waals surface area contributed by atoms with Gasteiger partial charge in [0, 0.05) is 61.0 Å². The van der Waals surface area contributed by atoms with E-state index >= 15 is 0 Å². The lowest BCUT2D eigenvalue weighted by atomic mass is 9.45. The van der Waals surface area contributed by atoms with Crippen molar-refractivity contribution in [1.82, 2.24) is 20.6 Å². The number of hydrogen-bond donors (Lipinski definition) is 4. The second-order valence-corrected chi connectivity index (χ2v) is 17.7. The molecule has 4 aliphatic rings. The van der Waals surface area contributed by atoms with Gasteiger partial charge in [0.2, 0.25) is 5.91 Å². The van der Waals surface area contributed by atoms with Crippen LogP contribution >= 0.6 is 0 Å². The molecule has 1 aliphatic heterocycles. The van der Waals surface area contributed by atoms with Crippen molar-refractivity contribution in [2.24, 2.45) is 29.1 Å². The number of fused-ring (bicyclic) bond motifs is 2. The van der Waals surface area contributed by atoms with E-state index in [0.29, 0.717) is 48.6 Å². The molecule has 57 heavy (non-hydrogen) atoms. The lowest BCUT2D eigenvalue weighted by Crippen LogP contribution is -2.62. The normalized spacial score (nSPS) is 26.4. The van der Waals surface area contributed by atoms with Crippen molar-refractivity contribution in [3.63, 3.8) is 0 Å². The monoisotopic (exact) mass is 783 g/mol. The molecular weight excluding hydrogens is 719 g/mol. The van der Waals surface area contributed by atoms with E-state index in [-0.39, 0.29) is 42.5 Å². The highest BCUT2D eigenvalue weighted by Crippen LogP contribution is 2.61. The van der Waals surface area contributed by atoms with E-state index in [1.807, 2.05) is 94.6 Å². The minimum absolute atomic E-state index is 0.0353. The highest BCUT2D eigenvalue weighted by molar-refractivity contribution is 5.97. The van der Waals surface area contributed by atoms with Gasteiger partial charge in [-0.3, -0.25) is 14.4 Å². The van der Waals surface area contributed by atoms with Gasteiger partial charge >= 0.3 is 0 Å². The van der Waals surface area contributed by atoms with Gasteiger partial charge in [-0.2, -0.15) is 5.06 Å². The predicted molar refractivity (Wildman–Crippen MR) is 225 cm³/mol. The first kappa shape index (κ1) is 42.6. The Labute approximate surface area is 339 Å². The van der Waals surface area contributed by atoms with Crippen LogP contribution in [0.15, 0.2) is 66.7 Å². The van der Waals surface area contributed by atoms with Crippen molar-refractivity contribution in [2.75, 3.05) is 52.8 Å². The summed E-state index contributed by atoms with van der Waals surface area (Å²) < 4.78 is 6.40. The molecule has 4 fully saturated rings. The van der Waals surface area contributed by atoms with E-state index in [0.717, 1.165) is 34.4 Å². The first-order chi connectivity index (χ1) is 27.1. The van der Waals surface area contributed by atoms with Gasteiger partial charge in [-0.1, -0.05) is 69.3 Å².